The molecule has 0 radical (unpaired) electrons. The fourth-order valence-corrected chi connectivity index (χ4v) is 5.12. The molecule has 4 rings (SSSR count). The molecule has 3 heteroatoms. The first-order chi connectivity index (χ1) is 13.6. The second-order valence-electron chi connectivity index (χ2n) is 8.16. The topological polar surface area (TPSA) is 32.3 Å². The number of hydrogen-bond donors (Lipinski definition) is 2. The van der Waals surface area contributed by atoms with Crippen molar-refractivity contribution in [1.29, 1.82) is 0 Å². The third kappa shape index (κ3) is 3.16. The van der Waals surface area contributed by atoms with Crippen LogP contribution in [0.1, 0.15) is 62.6 Å². The van der Waals surface area contributed by atoms with Crippen molar-refractivity contribution in [3.63, 3.8) is 0 Å². The molecule has 0 amide bonds. The molecule has 2 aliphatic rings. The lowest BCUT2D eigenvalue weighted by Crippen LogP contribution is -2.44. The van der Waals surface area contributed by atoms with E-state index >= 15 is 0 Å². The van der Waals surface area contributed by atoms with Gasteiger partial charge in [0.1, 0.15) is 11.6 Å². The molecular weight excluding hydrogens is 349 g/mol. The van der Waals surface area contributed by atoms with E-state index in [1.807, 2.05) is 12.1 Å². The minimum absolute atomic E-state index is 0.216. The van der Waals surface area contributed by atoms with Crippen LogP contribution in [0.4, 0.5) is 4.39 Å². The number of nitrogens with one attached hydrogen (secondary N) is 1. The molecule has 2 aromatic rings. The molecular formula is C25H30FNO. The Morgan fingerprint density at radius 1 is 0.964 bits per heavy atom. The van der Waals surface area contributed by atoms with E-state index in [0.717, 1.165) is 48.9 Å². The van der Waals surface area contributed by atoms with Crippen LogP contribution in [0.3, 0.4) is 0 Å². The fourth-order valence-electron chi connectivity index (χ4n) is 5.12. The normalized spacial score (nSPS) is 18.8. The molecule has 28 heavy (non-hydrogen) atoms. The van der Waals surface area contributed by atoms with Gasteiger partial charge in [0.25, 0.3) is 0 Å². The van der Waals surface area contributed by atoms with Crippen LogP contribution < -0.4 is 5.32 Å². The molecule has 1 heterocycles. The molecule has 1 saturated carbocycles. The Labute approximate surface area is 167 Å². The summed E-state index contributed by atoms with van der Waals surface area (Å²) in [7, 11) is 0. The Kier molecular flexibility index (Phi) is 5.29. The van der Waals surface area contributed by atoms with Crippen LogP contribution >= 0.6 is 0 Å². The number of benzene rings is 2. The van der Waals surface area contributed by atoms with Gasteiger partial charge in [-0.05, 0) is 65.6 Å². The van der Waals surface area contributed by atoms with Gasteiger partial charge in [-0.3, -0.25) is 0 Å². The Balaban J connectivity index is 1.88. The lowest BCUT2D eigenvalue weighted by Gasteiger charge is -2.33. The molecule has 0 bridgehead atoms. The molecule has 1 aliphatic heterocycles. The molecule has 1 aliphatic carbocycles. The smallest absolute Gasteiger partial charge is 0.123 e. The monoisotopic (exact) mass is 379 g/mol. The van der Waals surface area contributed by atoms with Gasteiger partial charge in [-0.25, -0.2) is 4.39 Å². The number of aliphatic hydroxyl groups excluding tert-OH is 1. The zero-order valence-corrected chi connectivity index (χ0v) is 16.9. The molecule has 2 aromatic carbocycles. The molecule has 0 atom stereocenters. The first-order valence-corrected chi connectivity index (χ1v) is 10.7. The number of rotatable bonds is 4. The minimum atomic E-state index is -0.227. The van der Waals surface area contributed by atoms with E-state index in [1.165, 1.54) is 48.1 Å². The average molecular weight is 380 g/mol. The fraction of sp³-hybridized carbons (Fsp3) is 0.440. The van der Waals surface area contributed by atoms with Crippen LogP contribution in [0.25, 0.3) is 16.7 Å². The van der Waals surface area contributed by atoms with Crippen molar-refractivity contribution in [2.24, 2.45) is 0 Å². The Hall–Kier alpha value is -2.13. The second kappa shape index (κ2) is 7.71. The van der Waals surface area contributed by atoms with E-state index in [-0.39, 0.29) is 11.4 Å². The molecule has 0 unspecified atom stereocenters. The summed E-state index contributed by atoms with van der Waals surface area (Å²) in [5, 5.41) is 15.0. The van der Waals surface area contributed by atoms with Crippen molar-refractivity contribution >= 4 is 5.57 Å². The van der Waals surface area contributed by atoms with Gasteiger partial charge in [0.05, 0.1) is 5.54 Å². The van der Waals surface area contributed by atoms with Gasteiger partial charge in [-0.15, -0.1) is 0 Å². The van der Waals surface area contributed by atoms with Crippen LogP contribution in [-0.4, -0.2) is 17.2 Å². The lowest BCUT2D eigenvalue weighted by molar-refractivity contribution is 0.215. The third-order valence-corrected chi connectivity index (χ3v) is 6.64. The van der Waals surface area contributed by atoms with E-state index in [9.17, 15) is 9.50 Å². The quantitative estimate of drug-likeness (QED) is 0.663. The predicted molar refractivity (Wildman–Crippen MR) is 114 cm³/mol. The number of halogens is 1. The zero-order chi connectivity index (χ0) is 19.7. The van der Waals surface area contributed by atoms with Crippen molar-refractivity contribution in [2.45, 2.75) is 64.3 Å². The highest BCUT2D eigenvalue weighted by atomic mass is 19.1. The van der Waals surface area contributed by atoms with Crippen molar-refractivity contribution in [2.75, 3.05) is 6.54 Å². The number of aliphatic hydroxyl groups is 1. The van der Waals surface area contributed by atoms with Crippen LogP contribution in [0.5, 0.6) is 0 Å². The van der Waals surface area contributed by atoms with Crippen molar-refractivity contribution in [3.8, 4) is 11.1 Å². The van der Waals surface area contributed by atoms with Crippen molar-refractivity contribution in [1.82, 2.24) is 5.32 Å². The Morgan fingerprint density at radius 2 is 1.68 bits per heavy atom. The number of hydrogen-bond acceptors (Lipinski definition) is 2. The standard InChI is InChI=1S/C25H30FNO/c1-3-17-10-13-21(18-8-11-19(26)12-9-18)20(4-2)23(17)22-16-27-25(24(22)28)14-6-5-7-15-25/h8-13,27-28H,3-7,14-16H2,1-2H3. The maximum Gasteiger partial charge on any atom is 0.123 e. The largest absolute Gasteiger partial charge is 0.510 e. The highest BCUT2D eigenvalue weighted by Gasteiger charge is 2.42. The zero-order valence-electron chi connectivity index (χ0n) is 16.9. The molecule has 148 valence electrons. The highest BCUT2D eigenvalue weighted by Crippen LogP contribution is 2.43. The number of aryl methyl sites for hydroxylation is 1. The molecule has 2 N–H and O–H groups in total. The van der Waals surface area contributed by atoms with Gasteiger partial charge in [0.15, 0.2) is 0 Å². The van der Waals surface area contributed by atoms with Crippen LogP contribution in [0.15, 0.2) is 42.2 Å². The van der Waals surface area contributed by atoms with Crippen LogP contribution in [-0.2, 0) is 12.8 Å². The van der Waals surface area contributed by atoms with E-state index in [1.54, 1.807) is 0 Å². The van der Waals surface area contributed by atoms with Gasteiger partial charge in [0, 0.05) is 12.1 Å². The summed E-state index contributed by atoms with van der Waals surface area (Å²) < 4.78 is 13.4. The van der Waals surface area contributed by atoms with E-state index in [0.29, 0.717) is 5.76 Å². The maximum atomic E-state index is 13.4. The molecule has 0 aromatic heterocycles. The second-order valence-corrected chi connectivity index (χ2v) is 8.16. The summed E-state index contributed by atoms with van der Waals surface area (Å²) in [6.07, 6.45) is 7.43. The van der Waals surface area contributed by atoms with E-state index in [4.69, 9.17) is 0 Å². The highest BCUT2D eigenvalue weighted by molar-refractivity contribution is 5.83. The third-order valence-electron chi connectivity index (χ3n) is 6.64. The van der Waals surface area contributed by atoms with Gasteiger partial charge in [-0.2, -0.15) is 0 Å². The van der Waals surface area contributed by atoms with E-state index < -0.39 is 0 Å². The van der Waals surface area contributed by atoms with Gasteiger partial charge in [-0.1, -0.05) is 57.4 Å². The minimum Gasteiger partial charge on any atom is -0.510 e. The first kappa shape index (κ1) is 19.2. The Morgan fingerprint density at radius 3 is 2.32 bits per heavy atom. The summed E-state index contributed by atoms with van der Waals surface area (Å²) in [4.78, 5) is 0. The molecule has 1 fully saturated rings. The summed E-state index contributed by atoms with van der Waals surface area (Å²) >= 11 is 0. The summed E-state index contributed by atoms with van der Waals surface area (Å²) in [6, 6.07) is 11.1. The van der Waals surface area contributed by atoms with Crippen LogP contribution in [0.2, 0.25) is 0 Å². The van der Waals surface area contributed by atoms with Gasteiger partial charge >= 0.3 is 0 Å². The predicted octanol–water partition coefficient (Wildman–Crippen LogP) is 6.19. The summed E-state index contributed by atoms with van der Waals surface area (Å²) in [5.74, 6) is 0.347. The van der Waals surface area contributed by atoms with Gasteiger partial charge in [0.2, 0.25) is 0 Å². The molecule has 0 saturated heterocycles. The molecule has 1 spiro atoms. The first-order valence-electron chi connectivity index (χ1n) is 10.7. The van der Waals surface area contributed by atoms with E-state index in [2.05, 4.69) is 31.3 Å². The Bertz CT molecular complexity index is 892. The summed E-state index contributed by atoms with van der Waals surface area (Å²) in [5.41, 5.74) is 6.75. The average Bonchev–Trinajstić information content (AvgIpc) is 3.03. The molecule has 2 nitrogen and oxygen atoms in total. The lowest BCUT2D eigenvalue weighted by atomic mass is 9.79. The summed E-state index contributed by atoms with van der Waals surface area (Å²) in [6.45, 7) is 5.06. The SMILES string of the molecule is CCc1ccc(-c2ccc(F)cc2)c(CC)c1C1=C(O)C2(CCCCC2)NC1. The van der Waals surface area contributed by atoms with Gasteiger partial charge < -0.3 is 10.4 Å². The maximum absolute atomic E-state index is 13.4. The van der Waals surface area contributed by atoms with Crippen LogP contribution in [0, 0.1) is 5.82 Å². The van der Waals surface area contributed by atoms with Crippen molar-refractivity contribution in [3.05, 3.63) is 64.7 Å². The van der Waals surface area contributed by atoms with Crippen molar-refractivity contribution < 1.29 is 9.50 Å².